The topological polar surface area (TPSA) is 15.3 Å². The van der Waals surface area contributed by atoms with Gasteiger partial charge in [-0.05, 0) is 57.3 Å². The molecule has 0 saturated carbocycles. The highest BCUT2D eigenvalue weighted by atomic mass is 15.1. The van der Waals surface area contributed by atoms with Crippen molar-refractivity contribution in [3.05, 3.63) is 0 Å². The molecule has 0 bridgehead atoms. The van der Waals surface area contributed by atoms with Gasteiger partial charge in [0.1, 0.15) is 0 Å². The summed E-state index contributed by atoms with van der Waals surface area (Å²) >= 11 is 0. The minimum atomic E-state index is 0.606. The van der Waals surface area contributed by atoms with Gasteiger partial charge in [0.05, 0.1) is 0 Å². The molecule has 0 amide bonds. The van der Waals surface area contributed by atoms with Gasteiger partial charge in [-0.15, -0.1) is 0 Å². The first-order valence-corrected chi connectivity index (χ1v) is 7.19. The molecule has 1 N–H and O–H groups in total. The maximum absolute atomic E-state index is 3.49. The molecule has 1 rings (SSSR count). The predicted molar refractivity (Wildman–Crippen MR) is 71.8 cm³/mol. The fraction of sp³-hybridized carbons (Fsp3) is 1.00. The molecule has 1 heterocycles. The molecular formula is C14H30N2. The minimum Gasteiger partial charge on any atom is -0.317 e. The van der Waals surface area contributed by atoms with Crippen molar-refractivity contribution in [2.75, 3.05) is 32.7 Å². The Kier molecular flexibility index (Phi) is 6.37. The Hall–Kier alpha value is -0.0800. The third-order valence-corrected chi connectivity index (χ3v) is 4.25. The van der Waals surface area contributed by atoms with Gasteiger partial charge >= 0.3 is 0 Å². The van der Waals surface area contributed by atoms with Crippen molar-refractivity contribution >= 4 is 0 Å². The predicted octanol–water partition coefficient (Wildman–Crippen LogP) is 2.89. The second kappa shape index (κ2) is 7.29. The van der Waals surface area contributed by atoms with Crippen LogP contribution in [0.5, 0.6) is 0 Å². The van der Waals surface area contributed by atoms with Crippen LogP contribution in [0, 0.1) is 5.41 Å². The molecule has 1 aliphatic rings. The molecule has 0 aliphatic carbocycles. The van der Waals surface area contributed by atoms with Crippen molar-refractivity contribution in [2.24, 2.45) is 5.41 Å². The Morgan fingerprint density at radius 1 is 1.12 bits per heavy atom. The number of nitrogens with one attached hydrogen (secondary N) is 1. The third-order valence-electron chi connectivity index (χ3n) is 4.25. The van der Waals surface area contributed by atoms with E-state index in [0.717, 1.165) is 0 Å². The van der Waals surface area contributed by atoms with E-state index in [1.54, 1.807) is 0 Å². The van der Waals surface area contributed by atoms with Crippen LogP contribution >= 0.6 is 0 Å². The van der Waals surface area contributed by atoms with E-state index in [9.17, 15) is 0 Å². The maximum Gasteiger partial charge on any atom is 0.00387 e. The van der Waals surface area contributed by atoms with Gasteiger partial charge in [-0.3, -0.25) is 0 Å². The number of hydrogen-bond acceptors (Lipinski definition) is 2. The molecular weight excluding hydrogens is 196 g/mol. The molecule has 1 saturated heterocycles. The summed E-state index contributed by atoms with van der Waals surface area (Å²) in [6.45, 7) is 13.2. The van der Waals surface area contributed by atoms with Crippen molar-refractivity contribution in [1.82, 2.24) is 10.2 Å². The third kappa shape index (κ3) is 4.06. The lowest BCUT2D eigenvalue weighted by molar-refractivity contribution is 0.109. The van der Waals surface area contributed by atoms with Crippen molar-refractivity contribution in [2.45, 2.75) is 52.9 Å². The lowest BCUT2D eigenvalue weighted by atomic mass is 9.76. The minimum absolute atomic E-state index is 0.606. The summed E-state index contributed by atoms with van der Waals surface area (Å²) in [5.41, 5.74) is 0.606. The molecule has 0 spiro atoms. The van der Waals surface area contributed by atoms with Crippen molar-refractivity contribution in [3.8, 4) is 0 Å². The van der Waals surface area contributed by atoms with Gasteiger partial charge in [0.2, 0.25) is 0 Å². The van der Waals surface area contributed by atoms with Crippen LogP contribution in [0.3, 0.4) is 0 Å². The molecule has 0 aromatic carbocycles. The van der Waals surface area contributed by atoms with E-state index < -0.39 is 0 Å². The molecule has 1 aliphatic heterocycles. The average Bonchev–Trinajstić information content (AvgIpc) is 2.35. The van der Waals surface area contributed by atoms with Crippen LogP contribution in [0.2, 0.25) is 0 Å². The van der Waals surface area contributed by atoms with Crippen LogP contribution in [-0.4, -0.2) is 37.6 Å². The Labute approximate surface area is 102 Å². The molecule has 1 fully saturated rings. The van der Waals surface area contributed by atoms with Crippen LogP contribution in [0.15, 0.2) is 0 Å². The zero-order valence-corrected chi connectivity index (χ0v) is 11.5. The first kappa shape index (κ1) is 14.0. The number of nitrogens with zero attached hydrogens (tertiary/aromatic N) is 1. The normalized spacial score (nSPS) is 20.2. The Morgan fingerprint density at radius 2 is 1.81 bits per heavy atom. The largest absolute Gasteiger partial charge is 0.317 e. The second-order valence-electron chi connectivity index (χ2n) is 5.33. The van der Waals surface area contributed by atoms with Crippen LogP contribution < -0.4 is 5.32 Å². The van der Waals surface area contributed by atoms with Crippen molar-refractivity contribution in [1.29, 1.82) is 0 Å². The average molecular weight is 226 g/mol. The highest BCUT2D eigenvalue weighted by molar-refractivity contribution is 4.86. The summed E-state index contributed by atoms with van der Waals surface area (Å²) in [4.78, 5) is 2.66. The number of hydrogen-bond donors (Lipinski definition) is 1. The Morgan fingerprint density at radius 3 is 2.31 bits per heavy atom. The molecule has 0 radical (unpaired) electrons. The second-order valence-corrected chi connectivity index (χ2v) is 5.33. The Balaban J connectivity index is 2.45. The fourth-order valence-corrected chi connectivity index (χ4v) is 2.79. The van der Waals surface area contributed by atoms with Crippen molar-refractivity contribution < 1.29 is 0 Å². The molecule has 0 atom stereocenters. The zero-order chi connectivity index (χ0) is 11.9. The number of rotatable bonds is 7. The summed E-state index contributed by atoms with van der Waals surface area (Å²) in [6.07, 6.45) is 6.75. The smallest absolute Gasteiger partial charge is 0.00387 e. The molecule has 0 unspecified atom stereocenters. The van der Waals surface area contributed by atoms with E-state index in [2.05, 4.69) is 31.0 Å². The lowest BCUT2D eigenvalue weighted by Gasteiger charge is -2.40. The Bertz CT molecular complexity index is 174. The molecule has 0 aromatic rings. The van der Waals surface area contributed by atoms with Crippen LogP contribution in [-0.2, 0) is 0 Å². The highest BCUT2D eigenvalue weighted by Gasteiger charge is 2.31. The van der Waals surface area contributed by atoms with Gasteiger partial charge in [0.25, 0.3) is 0 Å². The monoisotopic (exact) mass is 226 g/mol. The molecule has 0 aromatic heterocycles. The summed E-state index contributed by atoms with van der Waals surface area (Å²) < 4.78 is 0. The standard InChI is InChI=1S/C14H30N2/c1-4-7-12-16(6-3)13-14(5-2)8-10-15-11-9-14/h15H,4-13H2,1-3H3. The van der Waals surface area contributed by atoms with Crippen molar-refractivity contribution in [3.63, 3.8) is 0 Å². The maximum atomic E-state index is 3.49. The number of unbranched alkanes of at least 4 members (excludes halogenated alkanes) is 1. The van der Waals surface area contributed by atoms with Gasteiger partial charge in [-0.2, -0.15) is 0 Å². The molecule has 96 valence electrons. The van der Waals surface area contributed by atoms with Gasteiger partial charge in [-0.25, -0.2) is 0 Å². The zero-order valence-electron chi connectivity index (χ0n) is 11.5. The number of piperidine rings is 1. The van der Waals surface area contributed by atoms with Gasteiger partial charge in [0, 0.05) is 6.54 Å². The summed E-state index contributed by atoms with van der Waals surface area (Å²) in [5.74, 6) is 0. The van der Waals surface area contributed by atoms with E-state index >= 15 is 0 Å². The van der Waals surface area contributed by atoms with E-state index in [0.29, 0.717) is 5.41 Å². The van der Waals surface area contributed by atoms with E-state index in [1.807, 2.05) is 0 Å². The van der Waals surface area contributed by atoms with Crippen LogP contribution in [0.1, 0.15) is 52.9 Å². The highest BCUT2D eigenvalue weighted by Crippen LogP contribution is 2.33. The summed E-state index contributed by atoms with van der Waals surface area (Å²) in [6, 6.07) is 0. The van der Waals surface area contributed by atoms with E-state index in [4.69, 9.17) is 0 Å². The fourth-order valence-electron chi connectivity index (χ4n) is 2.79. The summed E-state index contributed by atoms with van der Waals surface area (Å²) in [5, 5.41) is 3.49. The first-order chi connectivity index (χ1) is 7.76. The first-order valence-electron chi connectivity index (χ1n) is 7.19. The van der Waals surface area contributed by atoms with Crippen LogP contribution in [0.4, 0.5) is 0 Å². The van der Waals surface area contributed by atoms with Gasteiger partial charge in [-0.1, -0.05) is 27.2 Å². The van der Waals surface area contributed by atoms with Crippen LogP contribution in [0.25, 0.3) is 0 Å². The molecule has 2 nitrogen and oxygen atoms in total. The van der Waals surface area contributed by atoms with E-state index in [1.165, 1.54) is 64.8 Å². The molecule has 16 heavy (non-hydrogen) atoms. The van der Waals surface area contributed by atoms with Gasteiger partial charge in [0.15, 0.2) is 0 Å². The SMILES string of the molecule is CCCCN(CC)CC1(CC)CCNCC1. The van der Waals surface area contributed by atoms with Gasteiger partial charge < -0.3 is 10.2 Å². The summed E-state index contributed by atoms with van der Waals surface area (Å²) in [7, 11) is 0. The van der Waals surface area contributed by atoms with E-state index in [-0.39, 0.29) is 0 Å². The molecule has 2 heteroatoms. The quantitative estimate of drug-likeness (QED) is 0.718. The lowest BCUT2D eigenvalue weighted by Crippen LogP contribution is -2.44.